The SMILES string of the molecule is CN1CCN(n2ncc3cc(S(=O)(=O)c4cccc(F)c4)ccc32)C(NC(=O)c2ccccc2NC2CCCCO2)C1. The number of carbonyl (C=O) groups is 1. The van der Waals surface area contributed by atoms with E-state index in [1.54, 1.807) is 23.1 Å². The fourth-order valence-electron chi connectivity index (χ4n) is 5.46. The van der Waals surface area contributed by atoms with Crippen LogP contribution in [0.2, 0.25) is 0 Å². The van der Waals surface area contributed by atoms with Crippen LogP contribution in [0, 0.1) is 5.82 Å². The van der Waals surface area contributed by atoms with E-state index in [0.717, 1.165) is 31.9 Å². The minimum atomic E-state index is -3.92. The highest BCUT2D eigenvalue weighted by molar-refractivity contribution is 7.91. The van der Waals surface area contributed by atoms with Gasteiger partial charge in [-0.25, -0.2) is 12.8 Å². The predicted octanol–water partition coefficient (Wildman–Crippen LogP) is 3.59. The summed E-state index contributed by atoms with van der Waals surface area (Å²) in [5, 5.41) is 13.7. The molecule has 2 unspecified atom stereocenters. The molecule has 0 radical (unpaired) electrons. The normalized spacial score (nSPS) is 20.0. The highest BCUT2D eigenvalue weighted by Gasteiger charge is 2.30. The van der Waals surface area contributed by atoms with Gasteiger partial charge in [0.2, 0.25) is 9.84 Å². The van der Waals surface area contributed by atoms with Gasteiger partial charge in [-0.05, 0) is 74.8 Å². The summed E-state index contributed by atoms with van der Waals surface area (Å²) in [7, 11) is -1.92. The first-order valence-corrected chi connectivity index (χ1v) is 15.5. The molecule has 2 aliphatic rings. The number of anilines is 1. The van der Waals surface area contributed by atoms with Gasteiger partial charge in [0.15, 0.2) is 0 Å². The van der Waals surface area contributed by atoms with Gasteiger partial charge in [-0.3, -0.25) is 9.80 Å². The second-order valence-corrected chi connectivity index (χ2v) is 12.6. The minimum Gasteiger partial charge on any atom is -0.359 e. The van der Waals surface area contributed by atoms with Crippen molar-refractivity contribution >= 4 is 32.3 Å². The average Bonchev–Trinajstić information content (AvgIpc) is 3.41. The number of likely N-dealkylation sites (N-methyl/N-ethyl adjacent to an activating group) is 1. The third kappa shape index (κ3) is 5.69. The second kappa shape index (κ2) is 11.7. The number of carbonyl (C=O) groups excluding carboxylic acids is 1. The first kappa shape index (κ1) is 28.1. The number of halogens is 1. The van der Waals surface area contributed by atoms with Crippen LogP contribution in [0.5, 0.6) is 0 Å². The number of nitrogens with one attached hydrogen (secondary N) is 2. The molecule has 2 N–H and O–H groups in total. The lowest BCUT2D eigenvalue weighted by molar-refractivity contribution is 0.0343. The Hall–Kier alpha value is -4.00. The van der Waals surface area contributed by atoms with Crippen molar-refractivity contribution in [2.45, 2.75) is 41.4 Å². The molecule has 4 aromatic rings. The number of ether oxygens (including phenoxy) is 1. The maximum Gasteiger partial charge on any atom is 0.255 e. The Bertz CT molecular complexity index is 1700. The molecule has 220 valence electrons. The summed E-state index contributed by atoms with van der Waals surface area (Å²) in [6.45, 7) is 2.58. The van der Waals surface area contributed by atoms with Crippen molar-refractivity contribution in [3.8, 4) is 0 Å². The topological polar surface area (TPSA) is 109 Å². The largest absolute Gasteiger partial charge is 0.359 e. The van der Waals surface area contributed by atoms with Crippen molar-refractivity contribution in [3.63, 3.8) is 0 Å². The molecule has 0 spiro atoms. The second-order valence-electron chi connectivity index (χ2n) is 10.7. The lowest BCUT2D eigenvalue weighted by Gasteiger charge is -2.41. The summed E-state index contributed by atoms with van der Waals surface area (Å²) in [6, 6.07) is 17.1. The molecule has 2 saturated heterocycles. The van der Waals surface area contributed by atoms with E-state index in [2.05, 4.69) is 20.6 Å². The monoisotopic (exact) mass is 592 g/mol. The van der Waals surface area contributed by atoms with Crippen LogP contribution in [0.4, 0.5) is 10.1 Å². The van der Waals surface area contributed by atoms with Gasteiger partial charge < -0.3 is 20.3 Å². The van der Waals surface area contributed by atoms with E-state index >= 15 is 0 Å². The summed E-state index contributed by atoms with van der Waals surface area (Å²) < 4.78 is 45.9. The smallest absolute Gasteiger partial charge is 0.255 e. The van der Waals surface area contributed by atoms with E-state index in [1.807, 2.05) is 30.3 Å². The summed E-state index contributed by atoms with van der Waals surface area (Å²) in [5.41, 5.74) is 1.93. The molecule has 1 amide bonds. The van der Waals surface area contributed by atoms with Crippen molar-refractivity contribution in [2.75, 3.05) is 43.6 Å². The quantitative estimate of drug-likeness (QED) is 0.335. The van der Waals surface area contributed by atoms with Crippen LogP contribution in [0.3, 0.4) is 0 Å². The number of hydrogen-bond donors (Lipinski definition) is 2. The predicted molar refractivity (Wildman–Crippen MR) is 157 cm³/mol. The van der Waals surface area contributed by atoms with E-state index in [0.29, 0.717) is 41.9 Å². The number of fused-ring (bicyclic) bond motifs is 1. The molecule has 0 saturated carbocycles. The first-order chi connectivity index (χ1) is 20.3. The Labute approximate surface area is 243 Å². The molecule has 2 fully saturated rings. The van der Waals surface area contributed by atoms with Gasteiger partial charge >= 0.3 is 0 Å². The molecule has 3 heterocycles. The summed E-state index contributed by atoms with van der Waals surface area (Å²) in [4.78, 5) is 17.4. The fraction of sp³-hybridized carbons (Fsp3) is 0.333. The molecule has 3 aromatic carbocycles. The van der Waals surface area contributed by atoms with E-state index < -0.39 is 21.8 Å². The molecule has 6 rings (SSSR count). The lowest BCUT2D eigenvalue weighted by atomic mass is 10.1. The van der Waals surface area contributed by atoms with Gasteiger partial charge in [-0.1, -0.05) is 18.2 Å². The number of para-hydroxylation sites is 1. The van der Waals surface area contributed by atoms with Crippen molar-refractivity contribution in [3.05, 3.63) is 84.3 Å². The number of aromatic nitrogens is 2. The van der Waals surface area contributed by atoms with Crippen molar-refractivity contribution < 1.29 is 22.3 Å². The first-order valence-electron chi connectivity index (χ1n) is 14.0. The Morgan fingerprint density at radius 3 is 2.67 bits per heavy atom. The molecule has 2 aliphatic heterocycles. The molecule has 0 bridgehead atoms. The van der Waals surface area contributed by atoms with Crippen molar-refractivity contribution in [1.82, 2.24) is 20.1 Å². The maximum absolute atomic E-state index is 13.7. The van der Waals surface area contributed by atoms with Gasteiger partial charge in [-0.15, -0.1) is 0 Å². The summed E-state index contributed by atoms with van der Waals surface area (Å²) >= 11 is 0. The van der Waals surface area contributed by atoms with Crippen LogP contribution in [-0.2, 0) is 14.6 Å². The van der Waals surface area contributed by atoms with Gasteiger partial charge in [-0.2, -0.15) is 9.89 Å². The van der Waals surface area contributed by atoms with Crippen LogP contribution in [0.25, 0.3) is 10.9 Å². The molecule has 0 aliphatic carbocycles. The van der Waals surface area contributed by atoms with Crippen LogP contribution < -0.4 is 15.6 Å². The molecular weight excluding hydrogens is 559 g/mol. The minimum absolute atomic E-state index is 0.0504. The number of amides is 1. The number of rotatable bonds is 7. The van der Waals surface area contributed by atoms with Crippen LogP contribution >= 0.6 is 0 Å². The van der Waals surface area contributed by atoms with Crippen molar-refractivity contribution in [1.29, 1.82) is 0 Å². The third-order valence-corrected chi connectivity index (χ3v) is 9.45. The Morgan fingerprint density at radius 2 is 1.86 bits per heavy atom. The zero-order valence-electron chi connectivity index (χ0n) is 23.2. The summed E-state index contributed by atoms with van der Waals surface area (Å²) in [6.07, 6.45) is 4.06. The molecule has 10 nitrogen and oxygen atoms in total. The number of nitrogens with zero attached hydrogens (tertiary/aromatic N) is 4. The zero-order valence-corrected chi connectivity index (χ0v) is 24.1. The van der Waals surface area contributed by atoms with E-state index in [1.165, 1.54) is 30.3 Å². The third-order valence-electron chi connectivity index (χ3n) is 7.70. The van der Waals surface area contributed by atoms with Gasteiger partial charge in [0.1, 0.15) is 18.2 Å². The van der Waals surface area contributed by atoms with Gasteiger partial charge in [0.05, 0.1) is 33.6 Å². The molecule has 12 heteroatoms. The number of benzene rings is 3. The Kier molecular flexibility index (Phi) is 7.84. The summed E-state index contributed by atoms with van der Waals surface area (Å²) in [5.74, 6) is -0.840. The van der Waals surface area contributed by atoms with Gasteiger partial charge in [0.25, 0.3) is 5.91 Å². The molecular formula is C30H33FN6O4S. The average molecular weight is 593 g/mol. The van der Waals surface area contributed by atoms with Crippen LogP contribution in [-0.4, -0.2) is 74.8 Å². The van der Waals surface area contributed by atoms with Crippen LogP contribution in [0.1, 0.15) is 29.6 Å². The van der Waals surface area contributed by atoms with E-state index in [9.17, 15) is 17.6 Å². The van der Waals surface area contributed by atoms with E-state index in [4.69, 9.17) is 4.74 Å². The van der Waals surface area contributed by atoms with E-state index in [-0.39, 0.29) is 21.9 Å². The standard InChI is InChI=1S/C30H33FN6O4S/c1-35-14-15-36(28(20-35)34-30(38)25-9-2-3-10-26(25)33-29-11-4-5-16-41-29)37-27-13-12-24(17-21(27)19-32-37)42(39,40)23-8-6-7-22(31)18-23/h2-3,6-10,12-13,17-19,28-29,33H,4-5,11,14-16,20H2,1H3,(H,34,38). The highest BCUT2D eigenvalue weighted by atomic mass is 32.2. The number of hydrogen-bond acceptors (Lipinski definition) is 8. The number of piperazine rings is 1. The number of sulfone groups is 1. The maximum atomic E-state index is 13.7. The van der Waals surface area contributed by atoms with Gasteiger partial charge in [0, 0.05) is 30.8 Å². The zero-order chi connectivity index (χ0) is 29.3. The molecule has 42 heavy (non-hydrogen) atoms. The van der Waals surface area contributed by atoms with Crippen LogP contribution in [0.15, 0.2) is 82.7 Å². The lowest BCUT2D eigenvalue weighted by Crippen LogP contribution is -2.63. The Balaban J connectivity index is 1.25. The molecule has 2 atom stereocenters. The highest BCUT2D eigenvalue weighted by Crippen LogP contribution is 2.26. The van der Waals surface area contributed by atoms with Crippen molar-refractivity contribution in [2.24, 2.45) is 0 Å². The molecule has 1 aromatic heterocycles. The Morgan fingerprint density at radius 1 is 1.02 bits per heavy atom. The fourth-order valence-corrected chi connectivity index (χ4v) is 6.79.